The number of nitrogens with zero attached hydrogens (tertiary/aromatic N) is 1. The van der Waals surface area contributed by atoms with Gasteiger partial charge in [-0.15, -0.1) is 0 Å². The van der Waals surface area contributed by atoms with E-state index in [-0.39, 0.29) is 0 Å². The van der Waals surface area contributed by atoms with Gasteiger partial charge in [0.1, 0.15) is 16.7 Å². The largest absolute Gasteiger partial charge is 0.456 e. The van der Waals surface area contributed by atoms with E-state index in [9.17, 15) is 0 Å². The van der Waals surface area contributed by atoms with Crippen molar-refractivity contribution in [2.75, 3.05) is 4.90 Å². The summed E-state index contributed by atoms with van der Waals surface area (Å²) in [6.07, 6.45) is 0. The van der Waals surface area contributed by atoms with Crippen LogP contribution in [0.1, 0.15) is 0 Å². The van der Waals surface area contributed by atoms with Crippen LogP contribution in [0.3, 0.4) is 0 Å². The Morgan fingerprint density at radius 2 is 1.00 bits per heavy atom. The van der Waals surface area contributed by atoms with Crippen molar-refractivity contribution in [2.45, 2.75) is 0 Å². The molecule has 0 radical (unpaired) electrons. The minimum atomic E-state index is 0.842. The van der Waals surface area contributed by atoms with E-state index in [4.69, 9.17) is 8.83 Å². The maximum absolute atomic E-state index is 6.81. The third kappa shape index (κ3) is 3.37. The number of benzene rings is 6. The minimum absolute atomic E-state index is 0.842. The molecule has 6 aromatic carbocycles. The second-order valence-electron chi connectivity index (χ2n) is 9.72. The number of anilines is 3. The quantitative estimate of drug-likeness (QED) is 0.240. The van der Waals surface area contributed by atoms with Crippen molar-refractivity contribution in [3.8, 4) is 11.1 Å². The van der Waals surface area contributed by atoms with E-state index in [1.165, 1.54) is 0 Å². The number of hydrogen-bond donors (Lipinski definition) is 0. The second kappa shape index (κ2) is 8.64. The van der Waals surface area contributed by atoms with Gasteiger partial charge in [0.25, 0.3) is 0 Å². The van der Waals surface area contributed by atoms with Crippen LogP contribution in [-0.4, -0.2) is 0 Å². The highest BCUT2D eigenvalue weighted by Crippen LogP contribution is 2.48. The van der Waals surface area contributed by atoms with Crippen LogP contribution in [0.25, 0.3) is 55.0 Å². The summed E-state index contributed by atoms with van der Waals surface area (Å²) < 4.78 is 13.1. The molecule has 8 rings (SSSR count). The molecule has 8 aromatic rings. The molecule has 0 unspecified atom stereocenters. The summed E-state index contributed by atoms with van der Waals surface area (Å²) >= 11 is 0. The Bertz CT molecular complexity index is 2070. The van der Waals surface area contributed by atoms with Gasteiger partial charge in [0, 0.05) is 32.9 Å². The Balaban J connectivity index is 1.55. The van der Waals surface area contributed by atoms with Crippen molar-refractivity contribution in [3.63, 3.8) is 0 Å². The van der Waals surface area contributed by atoms with Gasteiger partial charge in [0.15, 0.2) is 5.58 Å². The van der Waals surface area contributed by atoms with Crippen molar-refractivity contribution in [1.29, 1.82) is 0 Å². The number of furan rings is 2. The Labute approximate surface area is 225 Å². The average Bonchev–Trinajstić information content (AvgIpc) is 3.58. The average molecular weight is 502 g/mol. The molecule has 0 aliphatic heterocycles. The number of para-hydroxylation sites is 3. The zero-order chi connectivity index (χ0) is 25.8. The molecular formula is C36H23NO2. The molecule has 2 heterocycles. The third-order valence-corrected chi connectivity index (χ3v) is 7.46. The highest BCUT2D eigenvalue weighted by atomic mass is 16.3. The first-order chi connectivity index (χ1) is 19.4. The predicted octanol–water partition coefficient (Wildman–Crippen LogP) is 10.6. The molecule has 0 saturated heterocycles. The molecule has 0 N–H and O–H groups in total. The normalized spacial score (nSPS) is 11.6. The van der Waals surface area contributed by atoms with Crippen molar-refractivity contribution >= 4 is 60.9 Å². The lowest BCUT2D eigenvalue weighted by Crippen LogP contribution is -2.10. The predicted molar refractivity (Wildman–Crippen MR) is 161 cm³/mol. The SMILES string of the molecule is c1ccc(-c2ccc(N(c3ccccc3)c3ccccc3)c3oc4ccc5oc6ccccc6c5c4c23)cc1. The van der Waals surface area contributed by atoms with E-state index < -0.39 is 0 Å². The summed E-state index contributed by atoms with van der Waals surface area (Å²) in [7, 11) is 0. The van der Waals surface area contributed by atoms with Gasteiger partial charge in [-0.25, -0.2) is 0 Å². The van der Waals surface area contributed by atoms with Crippen LogP contribution in [0.15, 0.2) is 148 Å². The molecule has 0 saturated carbocycles. The Kier molecular flexibility index (Phi) is 4.82. The van der Waals surface area contributed by atoms with E-state index >= 15 is 0 Å². The molecule has 0 aliphatic rings. The molecule has 184 valence electrons. The van der Waals surface area contributed by atoms with E-state index in [2.05, 4.69) is 108 Å². The Morgan fingerprint density at radius 3 is 1.69 bits per heavy atom. The van der Waals surface area contributed by atoms with Gasteiger partial charge >= 0.3 is 0 Å². The lowest BCUT2D eigenvalue weighted by Gasteiger charge is -2.25. The highest BCUT2D eigenvalue weighted by Gasteiger charge is 2.24. The lowest BCUT2D eigenvalue weighted by molar-refractivity contribution is 0.663. The maximum Gasteiger partial charge on any atom is 0.160 e. The van der Waals surface area contributed by atoms with E-state index in [1.807, 2.05) is 36.4 Å². The fourth-order valence-electron chi connectivity index (χ4n) is 5.78. The zero-order valence-electron chi connectivity index (χ0n) is 21.0. The first kappa shape index (κ1) is 21.8. The van der Waals surface area contributed by atoms with Crippen LogP contribution in [0, 0.1) is 0 Å². The first-order valence-electron chi connectivity index (χ1n) is 13.1. The highest BCUT2D eigenvalue weighted by molar-refractivity contribution is 6.29. The summed E-state index contributed by atoms with van der Waals surface area (Å²) in [5.41, 5.74) is 8.82. The molecule has 0 atom stereocenters. The number of rotatable bonds is 4. The summed E-state index contributed by atoms with van der Waals surface area (Å²) in [6.45, 7) is 0. The lowest BCUT2D eigenvalue weighted by atomic mass is 9.96. The maximum atomic E-state index is 6.81. The molecule has 0 aliphatic carbocycles. The van der Waals surface area contributed by atoms with Gasteiger partial charge in [-0.1, -0.05) is 91.0 Å². The molecule has 0 amide bonds. The van der Waals surface area contributed by atoms with Gasteiger partial charge < -0.3 is 13.7 Å². The van der Waals surface area contributed by atoms with Crippen molar-refractivity contribution < 1.29 is 8.83 Å². The van der Waals surface area contributed by atoms with Crippen LogP contribution < -0.4 is 4.90 Å². The number of hydrogen-bond acceptors (Lipinski definition) is 3. The van der Waals surface area contributed by atoms with Crippen molar-refractivity contribution in [1.82, 2.24) is 0 Å². The minimum Gasteiger partial charge on any atom is -0.456 e. The Hall–Kier alpha value is -5.28. The van der Waals surface area contributed by atoms with Gasteiger partial charge in [-0.2, -0.15) is 0 Å². The van der Waals surface area contributed by atoms with Crippen LogP contribution in [-0.2, 0) is 0 Å². The monoisotopic (exact) mass is 501 g/mol. The fourth-order valence-corrected chi connectivity index (χ4v) is 5.78. The first-order valence-corrected chi connectivity index (χ1v) is 13.1. The molecule has 39 heavy (non-hydrogen) atoms. The van der Waals surface area contributed by atoms with Crippen molar-refractivity contribution in [2.24, 2.45) is 0 Å². The van der Waals surface area contributed by atoms with Gasteiger partial charge in [0.05, 0.1) is 5.69 Å². The zero-order valence-corrected chi connectivity index (χ0v) is 21.0. The van der Waals surface area contributed by atoms with E-state index in [1.54, 1.807) is 0 Å². The van der Waals surface area contributed by atoms with Gasteiger partial charge in [-0.05, 0) is 59.7 Å². The van der Waals surface area contributed by atoms with E-state index in [0.29, 0.717) is 0 Å². The standard InChI is InChI=1S/C36H23NO2/c1-4-12-24(13-5-1)27-20-21-29(37(25-14-6-2-7-15-25)26-16-8-3-9-17-26)36-34(27)35-32(39-36)23-22-31-33(35)28-18-10-11-19-30(28)38-31/h1-23H. The van der Waals surface area contributed by atoms with Crippen molar-refractivity contribution in [3.05, 3.63) is 140 Å². The summed E-state index contributed by atoms with van der Waals surface area (Å²) in [5, 5.41) is 4.34. The number of fused-ring (bicyclic) bond motifs is 7. The molecule has 0 spiro atoms. The smallest absolute Gasteiger partial charge is 0.160 e. The third-order valence-electron chi connectivity index (χ3n) is 7.46. The van der Waals surface area contributed by atoms with E-state index in [0.717, 1.165) is 72.1 Å². The molecular weight excluding hydrogens is 478 g/mol. The molecule has 3 nitrogen and oxygen atoms in total. The topological polar surface area (TPSA) is 29.5 Å². The summed E-state index contributed by atoms with van der Waals surface area (Å²) in [5.74, 6) is 0. The van der Waals surface area contributed by atoms with Gasteiger partial charge in [0.2, 0.25) is 0 Å². The Morgan fingerprint density at radius 1 is 0.410 bits per heavy atom. The molecule has 0 bridgehead atoms. The molecule has 0 fully saturated rings. The van der Waals surface area contributed by atoms with Crippen LogP contribution in [0.5, 0.6) is 0 Å². The second-order valence-corrected chi connectivity index (χ2v) is 9.72. The molecule has 2 aromatic heterocycles. The fraction of sp³-hybridized carbons (Fsp3) is 0. The summed E-state index contributed by atoms with van der Waals surface area (Å²) in [4.78, 5) is 2.27. The van der Waals surface area contributed by atoms with Gasteiger partial charge in [-0.3, -0.25) is 0 Å². The van der Waals surface area contributed by atoms with Crippen LogP contribution in [0.4, 0.5) is 17.1 Å². The van der Waals surface area contributed by atoms with Crippen LogP contribution in [0.2, 0.25) is 0 Å². The van der Waals surface area contributed by atoms with Crippen LogP contribution >= 0.6 is 0 Å². The molecule has 3 heteroatoms. The summed E-state index contributed by atoms with van der Waals surface area (Å²) in [6, 6.07) is 48.1.